The van der Waals surface area contributed by atoms with Gasteiger partial charge in [0.15, 0.2) is 0 Å². The number of aryl methyl sites for hydroxylation is 1. The van der Waals surface area contributed by atoms with Crippen LogP contribution in [-0.2, 0) is 11.5 Å². The molecule has 1 heterocycles. The molecule has 0 radical (unpaired) electrons. The fraction of sp³-hybridized carbons (Fsp3) is 0.444. The van der Waals surface area contributed by atoms with Crippen LogP contribution in [0.2, 0.25) is 19.6 Å². The summed E-state index contributed by atoms with van der Waals surface area (Å²) in [6.07, 6.45) is 8.09. The Morgan fingerprint density at radius 1 is 1.19 bits per heavy atom. The molecule has 0 bridgehead atoms. The molecule has 1 aromatic carbocycles. The highest BCUT2D eigenvalue weighted by molar-refractivity contribution is 6.70. The Morgan fingerprint density at radius 3 is 2.76 bits per heavy atom. The van der Waals surface area contributed by atoms with Crippen molar-refractivity contribution in [3.63, 3.8) is 0 Å². The van der Waals surface area contributed by atoms with E-state index in [1.807, 2.05) is 0 Å². The Kier molecular flexibility index (Phi) is 3.70. The van der Waals surface area contributed by atoms with Crippen molar-refractivity contribution in [1.82, 2.24) is 4.57 Å². The first-order valence-electron chi connectivity index (χ1n) is 7.89. The maximum Gasteiger partial charge on any atom is 0.241 e. The van der Waals surface area contributed by atoms with E-state index in [1.165, 1.54) is 35.1 Å². The van der Waals surface area contributed by atoms with Gasteiger partial charge in [0.05, 0.1) is 5.76 Å². The highest BCUT2D eigenvalue weighted by Gasteiger charge is 2.27. The summed E-state index contributed by atoms with van der Waals surface area (Å²) in [6, 6.07) is 8.90. The van der Waals surface area contributed by atoms with Gasteiger partial charge in [-0.05, 0) is 62.7 Å². The second kappa shape index (κ2) is 5.37. The zero-order valence-corrected chi connectivity index (χ0v) is 14.5. The molecular formula is C18H25NOSi. The summed E-state index contributed by atoms with van der Waals surface area (Å²) in [4.78, 5) is 0. The smallest absolute Gasteiger partial charge is 0.241 e. The molecule has 0 saturated heterocycles. The van der Waals surface area contributed by atoms with Gasteiger partial charge in [-0.3, -0.25) is 0 Å². The summed E-state index contributed by atoms with van der Waals surface area (Å²) >= 11 is 0. The first kappa shape index (κ1) is 14.5. The lowest BCUT2D eigenvalue weighted by Crippen LogP contribution is -2.27. The van der Waals surface area contributed by atoms with Gasteiger partial charge in [0.1, 0.15) is 0 Å². The van der Waals surface area contributed by atoms with E-state index in [0.717, 1.165) is 6.42 Å². The van der Waals surface area contributed by atoms with Gasteiger partial charge < -0.3 is 8.99 Å². The molecule has 2 nitrogen and oxygen atoms in total. The van der Waals surface area contributed by atoms with Gasteiger partial charge in [-0.25, -0.2) is 0 Å². The minimum atomic E-state index is -1.56. The molecule has 1 unspecified atom stereocenters. The Morgan fingerprint density at radius 2 is 2.00 bits per heavy atom. The Labute approximate surface area is 128 Å². The van der Waals surface area contributed by atoms with Gasteiger partial charge in [0, 0.05) is 30.1 Å². The molecule has 2 aromatic rings. The number of nitrogens with zero attached hydrogens (tertiary/aromatic N) is 1. The van der Waals surface area contributed by atoms with Crippen LogP contribution in [0.3, 0.4) is 0 Å². The standard InChI is InChI=1S/C18H25NOSi/c1-19-13-12-15-14(9-7-10-17(15)19)16-8-5-6-11-18(16)20-21(2,3)4/h7,9-13,16H,5-6,8H2,1-4H3. The summed E-state index contributed by atoms with van der Waals surface area (Å²) in [5, 5.41) is 1.37. The third kappa shape index (κ3) is 2.93. The summed E-state index contributed by atoms with van der Waals surface area (Å²) in [6.45, 7) is 6.80. The minimum Gasteiger partial charge on any atom is -0.547 e. The first-order chi connectivity index (χ1) is 9.96. The summed E-state index contributed by atoms with van der Waals surface area (Å²) < 4.78 is 8.59. The molecule has 112 valence electrons. The maximum absolute atomic E-state index is 6.39. The molecule has 3 rings (SSSR count). The predicted molar refractivity (Wildman–Crippen MR) is 92.0 cm³/mol. The fourth-order valence-corrected chi connectivity index (χ4v) is 4.19. The van der Waals surface area contributed by atoms with Crippen LogP contribution in [0.15, 0.2) is 42.3 Å². The second-order valence-corrected chi connectivity index (χ2v) is 11.4. The molecular weight excluding hydrogens is 274 g/mol. The number of aromatic nitrogens is 1. The van der Waals surface area contributed by atoms with Gasteiger partial charge in [0.2, 0.25) is 8.32 Å². The van der Waals surface area contributed by atoms with E-state index in [-0.39, 0.29) is 0 Å². The molecule has 0 saturated carbocycles. The average Bonchev–Trinajstić information content (AvgIpc) is 2.80. The number of rotatable bonds is 3. The van der Waals surface area contributed by atoms with E-state index in [1.54, 1.807) is 0 Å². The van der Waals surface area contributed by atoms with Crippen molar-refractivity contribution in [3.8, 4) is 0 Å². The van der Waals surface area contributed by atoms with Crippen molar-refractivity contribution in [1.29, 1.82) is 0 Å². The monoisotopic (exact) mass is 299 g/mol. The van der Waals surface area contributed by atoms with Crippen LogP contribution in [0.1, 0.15) is 30.7 Å². The summed E-state index contributed by atoms with van der Waals surface area (Å²) in [5.74, 6) is 1.65. The molecule has 0 fully saturated rings. The van der Waals surface area contributed by atoms with Crippen LogP contribution < -0.4 is 0 Å². The number of hydrogen-bond donors (Lipinski definition) is 0. The Bertz CT molecular complexity index is 678. The van der Waals surface area contributed by atoms with Gasteiger partial charge in [-0.2, -0.15) is 0 Å². The van der Waals surface area contributed by atoms with Gasteiger partial charge in [-0.15, -0.1) is 0 Å². The lowest BCUT2D eigenvalue weighted by Gasteiger charge is -2.31. The predicted octanol–water partition coefficient (Wildman–Crippen LogP) is 5.18. The molecule has 0 N–H and O–H groups in total. The zero-order chi connectivity index (χ0) is 15.0. The van der Waals surface area contributed by atoms with Crippen LogP contribution in [0.25, 0.3) is 10.9 Å². The average molecular weight is 299 g/mol. The van der Waals surface area contributed by atoms with E-state index < -0.39 is 8.32 Å². The SMILES string of the molecule is Cn1ccc2c(C3CCCC=C3O[Si](C)(C)C)cccc21. The van der Waals surface area contributed by atoms with Crippen LogP contribution in [-0.4, -0.2) is 12.9 Å². The Balaban J connectivity index is 2.04. The van der Waals surface area contributed by atoms with Crippen molar-refractivity contribution in [3.05, 3.63) is 47.9 Å². The van der Waals surface area contributed by atoms with E-state index >= 15 is 0 Å². The number of benzene rings is 1. The van der Waals surface area contributed by atoms with E-state index in [0.29, 0.717) is 5.92 Å². The molecule has 0 spiro atoms. The molecule has 3 heteroatoms. The molecule has 1 aliphatic carbocycles. The normalized spacial score (nSPS) is 19.6. The second-order valence-electron chi connectivity index (χ2n) is 7.01. The van der Waals surface area contributed by atoms with Gasteiger partial charge in [-0.1, -0.05) is 12.1 Å². The highest BCUT2D eigenvalue weighted by Crippen LogP contribution is 2.39. The molecule has 1 atom stereocenters. The Hall–Kier alpha value is -1.48. The van der Waals surface area contributed by atoms with Crippen LogP contribution in [0.5, 0.6) is 0 Å². The van der Waals surface area contributed by atoms with E-state index in [2.05, 4.69) is 67.8 Å². The zero-order valence-electron chi connectivity index (χ0n) is 13.5. The van der Waals surface area contributed by atoms with Crippen molar-refractivity contribution >= 4 is 19.2 Å². The van der Waals surface area contributed by atoms with E-state index in [9.17, 15) is 0 Å². The third-order valence-corrected chi connectivity index (χ3v) is 5.00. The number of fused-ring (bicyclic) bond motifs is 1. The molecule has 0 amide bonds. The third-order valence-electron chi connectivity index (χ3n) is 4.15. The lowest BCUT2D eigenvalue weighted by molar-refractivity contribution is 0.355. The summed E-state index contributed by atoms with van der Waals surface area (Å²) in [5.41, 5.74) is 2.74. The first-order valence-corrected chi connectivity index (χ1v) is 11.3. The maximum atomic E-state index is 6.39. The van der Waals surface area contributed by atoms with Crippen LogP contribution >= 0.6 is 0 Å². The number of allylic oxidation sites excluding steroid dienone is 2. The quantitative estimate of drug-likeness (QED) is 0.712. The lowest BCUT2D eigenvalue weighted by atomic mass is 9.86. The van der Waals surface area contributed by atoms with Crippen molar-refractivity contribution in [2.24, 2.45) is 7.05 Å². The molecule has 1 aliphatic rings. The molecule has 21 heavy (non-hydrogen) atoms. The van der Waals surface area contributed by atoms with Crippen molar-refractivity contribution in [2.75, 3.05) is 0 Å². The van der Waals surface area contributed by atoms with Crippen molar-refractivity contribution in [2.45, 2.75) is 44.8 Å². The fourth-order valence-electron chi connectivity index (χ4n) is 3.26. The van der Waals surface area contributed by atoms with E-state index in [4.69, 9.17) is 4.43 Å². The van der Waals surface area contributed by atoms with Gasteiger partial charge >= 0.3 is 0 Å². The topological polar surface area (TPSA) is 14.2 Å². The van der Waals surface area contributed by atoms with Crippen LogP contribution in [0.4, 0.5) is 0 Å². The van der Waals surface area contributed by atoms with Crippen LogP contribution in [0, 0.1) is 0 Å². The van der Waals surface area contributed by atoms with Crippen molar-refractivity contribution < 1.29 is 4.43 Å². The minimum absolute atomic E-state index is 0.427. The number of hydrogen-bond acceptors (Lipinski definition) is 1. The largest absolute Gasteiger partial charge is 0.547 e. The summed E-state index contributed by atoms with van der Waals surface area (Å²) in [7, 11) is 0.558. The molecule has 0 aliphatic heterocycles. The highest BCUT2D eigenvalue weighted by atomic mass is 28.4. The van der Waals surface area contributed by atoms with Gasteiger partial charge in [0.25, 0.3) is 0 Å². The molecule has 1 aromatic heterocycles.